The molecular formula is C10H5F2NO3. The number of halogens is 2. The van der Waals surface area contributed by atoms with E-state index in [0.717, 1.165) is 18.2 Å². The Morgan fingerprint density at radius 2 is 1.81 bits per heavy atom. The molecule has 0 saturated carbocycles. The fraction of sp³-hybridized carbons (Fsp3) is 0. The van der Waals surface area contributed by atoms with E-state index < -0.39 is 23.2 Å². The Hall–Kier alpha value is -2.24. The maximum absolute atomic E-state index is 12.9. The third-order valence-electron chi connectivity index (χ3n) is 2.12. The number of H-pyrrole nitrogens is 1. The molecule has 2 rings (SSSR count). The van der Waals surface area contributed by atoms with Gasteiger partial charge >= 0.3 is 5.97 Å². The molecule has 0 atom stereocenters. The second-order valence-electron chi connectivity index (χ2n) is 3.17. The molecule has 0 aliphatic carbocycles. The first-order chi connectivity index (χ1) is 7.49. The zero-order valence-electron chi connectivity index (χ0n) is 7.75. The third-order valence-corrected chi connectivity index (χ3v) is 2.12. The molecule has 1 heterocycles. The topological polar surface area (TPSA) is 70.2 Å². The van der Waals surface area contributed by atoms with Crippen molar-refractivity contribution in [1.29, 1.82) is 0 Å². The van der Waals surface area contributed by atoms with Crippen molar-refractivity contribution in [2.45, 2.75) is 0 Å². The van der Waals surface area contributed by atoms with Crippen LogP contribution in [0.5, 0.6) is 0 Å². The van der Waals surface area contributed by atoms with E-state index in [4.69, 9.17) is 5.11 Å². The first kappa shape index (κ1) is 10.3. The van der Waals surface area contributed by atoms with Gasteiger partial charge in [0, 0.05) is 0 Å². The summed E-state index contributed by atoms with van der Waals surface area (Å²) in [6.07, 6.45) is 0. The van der Waals surface area contributed by atoms with E-state index in [2.05, 4.69) is 4.98 Å². The van der Waals surface area contributed by atoms with Crippen molar-refractivity contribution in [2.24, 2.45) is 0 Å². The molecule has 16 heavy (non-hydrogen) atoms. The van der Waals surface area contributed by atoms with Crippen LogP contribution in [0.15, 0.2) is 23.0 Å². The van der Waals surface area contributed by atoms with E-state index in [-0.39, 0.29) is 16.5 Å². The number of pyridine rings is 1. The fourth-order valence-electron chi connectivity index (χ4n) is 1.37. The summed E-state index contributed by atoms with van der Waals surface area (Å²) in [6.45, 7) is 0. The van der Waals surface area contributed by atoms with E-state index in [1.165, 1.54) is 0 Å². The molecule has 4 nitrogen and oxygen atoms in total. The van der Waals surface area contributed by atoms with Crippen LogP contribution in [0.3, 0.4) is 0 Å². The van der Waals surface area contributed by atoms with Crippen molar-refractivity contribution in [1.82, 2.24) is 4.98 Å². The van der Waals surface area contributed by atoms with Gasteiger partial charge in [-0.25, -0.2) is 13.6 Å². The SMILES string of the molecule is O=C(O)c1cc2cc(F)c(F)cc2c(=O)[nH]1. The Kier molecular flexibility index (Phi) is 2.19. The Morgan fingerprint density at radius 3 is 2.44 bits per heavy atom. The van der Waals surface area contributed by atoms with Gasteiger partial charge < -0.3 is 10.1 Å². The van der Waals surface area contributed by atoms with Crippen molar-refractivity contribution in [3.8, 4) is 0 Å². The van der Waals surface area contributed by atoms with Crippen LogP contribution in [-0.2, 0) is 0 Å². The average Bonchev–Trinajstić information content (AvgIpc) is 2.20. The van der Waals surface area contributed by atoms with Gasteiger partial charge in [-0.3, -0.25) is 4.79 Å². The largest absolute Gasteiger partial charge is 0.477 e. The van der Waals surface area contributed by atoms with Gasteiger partial charge in [0.2, 0.25) is 0 Å². The van der Waals surface area contributed by atoms with E-state index in [9.17, 15) is 18.4 Å². The predicted octanol–water partition coefficient (Wildman–Crippen LogP) is 1.50. The van der Waals surface area contributed by atoms with Crippen LogP contribution in [0.1, 0.15) is 10.5 Å². The number of carboxylic acids is 1. The van der Waals surface area contributed by atoms with E-state index in [1.54, 1.807) is 0 Å². The molecule has 0 spiro atoms. The normalized spacial score (nSPS) is 10.6. The van der Waals surface area contributed by atoms with Crippen LogP contribution in [-0.4, -0.2) is 16.1 Å². The number of hydrogen-bond acceptors (Lipinski definition) is 2. The number of aromatic carboxylic acids is 1. The first-order valence-electron chi connectivity index (χ1n) is 4.24. The Labute approximate surface area is 87.1 Å². The highest BCUT2D eigenvalue weighted by molar-refractivity contribution is 5.91. The summed E-state index contributed by atoms with van der Waals surface area (Å²) in [5.41, 5.74) is -1.14. The highest BCUT2D eigenvalue weighted by Crippen LogP contribution is 2.15. The van der Waals surface area contributed by atoms with Crippen LogP contribution >= 0.6 is 0 Å². The van der Waals surface area contributed by atoms with Crippen molar-refractivity contribution < 1.29 is 18.7 Å². The minimum Gasteiger partial charge on any atom is -0.477 e. The predicted molar refractivity (Wildman–Crippen MR) is 51.4 cm³/mol. The Balaban J connectivity index is 2.88. The zero-order chi connectivity index (χ0) is 11.9. The van der Waals surface area contributed by atoms with E-state index in [0.29, 0.717) is 0 Å². The molecule has 0 aliphatic rings. The molecule has 0 unspecified atom stereocenters. The molecule has 0 amide bonds. The molecule has 0 radical (unpaired) electrons. The quantitative estimate of drug-likeness (QED) is 0.772. The van der Waals surface area contributed by atoms with Crippen LogP contribution in [0.4, 0.5) is 8.78 Å². The number of fused-ring (bicyclic) bond motifs is 1. The van der Waals surface area contributed by atoms with Gasteiger partial charge in [-0.2, -0.15) is 0 Å². The number of carbonyl (C=O) groups is 1. The molecule has 82 valence electrons. The lowest BCUT2D eigenvalue weighted by molar-refractivity contribution is 0.0690. The summed E-state index contributed by atoms with van der Waals surface area (Å²) in [5, 5.41) is 8.60. The number of aromatic nitrogens is 1. The number of benzene rings is 1. The molecule has 0 bridgehead atoms. The molecule has 0 fully saturated rings. The van der Waals surface area contributed by atoms with E-state index in [1.807, 2.05) is 0 Å². The monoisotopic (exact) mass is 225 g/mol. The molecule has 0 aliphatic heterocycles. The van der Waals surface area contributed by atoms with Gasteiger partial charge in [0.1, 0.15) is 5.69 Å². The van der Waals surface area contributed by atoms with Gasteiger partial charge in [-0.15, -0.1) is 0 Å². The molecule has 6 heteroatoms. The smallest absolute Gasteiger partial charge is 0.352 e. The molecular weight excluding hydrogens is 220 g/mol. The lowest BCUT2D eigenvalue weighted by Crippen LogP contribution is -2.13. The summed E-state index contributed by atoms with van der Waals surface area (Å²) < 4.78 is 25.7. The number of hydrogen-bond donors (Lipinski definition) is 2. The third kappa shape index (κ3) is 1.54. The highest BCUT2D eigenvalue weighted by Gasteiger charge is 2.11. The summed E-state index contributed by atoms with van der Waals surface area (Å²) in [4.78, 5) is 24.0. The standard InChI is InChI=1S/C10H5F2NO3/c11-6-1-4-2-8(10(15)16)13-9(14)5(4)3-7(6)12/h1-3H,(H,13,14)(H,15,16). The van der Waals surface area contributed by atoms with Crippen molar-refractivity contribution in [3.05, 3.63) is 45.9 Å². The highest BCUT2D eigenvalue weighted by atomic mass is 19.2. The summed E-state index contributed by atoms with van der Waals surface area (Å²) in [5.74, 6) is -3.63. The maximum Gasteiger partial charge on any atom is 0.352 e. The Bertz CT molecular complexity index is 648. The molecule has 2 aromatic rings. The summed E-state index contributed by atoms with van der Waals surface area (Å²) in [7, 11) is 0. The lowest BCUT2D eigenvalue weighted by Gasteiger charge is -2.00. The second kappa shape index (κ2) is 3.41. The summed E-state index contributed by atoms with van der Waals surface area (Å²) in [6, 6.07) is 2.59. The minimum absolute atomic E-state index is 0.0417. The summed E-state index contributed by atoms with van der Waals surface area (Å²) >= 11 is 0. The lowest BCUT2D eigenvalue weighted by atomic mass is 10.1. The first-order valence-corrected chi connectivity index (χ1v) is 4.24. The Morgan fingerprint density at radius 1 is 1.19 bits per heavy atom. The fourth-order valence-corrected chi connectivity index (χ4v) is 1.37. The van der Waals surface area contributed by atoms with Crippen LogP contribution in [0.25, 0.3) is 10.8 Å². The van der Waals surface area contributed by atoms with Crippen molar-refractivity contribution >= 4 is 16.7 Å². The zero-order valence-corrected chi connectivity index (χ0v) is 7.75. The van der Waals surface area contributed by atoms with Crippen LogP contribution in [0, 0.1) is 11.6 Å². The van der Waals surface area contributed by atoms with E-state index >= 15 is 0 Å². The van der Waals surface area contributed by atoms with Crippen LogP contribution < -0.4 is 5.56 Å². The number of carboxylic acid groups (broad SMARTS) is 1. The van der Waals surface area contributed by atoms with Gasteiger partial charge in [0.15, 0.2) is 11.6 Å². The average molecular weight is 225 g/mol. The van der Waals surface area contributed by atoms with Crippen molar-refractivity contribution in [3.63, 3.8) is 0 Å². The number of aromatic amines is 1. The van der Waals surface area contributed by atoms with Crippen LogP contribution in [0.2, 0.25) is 0 Å². The van der Waals surface area contributed by atoms with Gasteiger partial charge in [0.05, 0.1) is 5.39 Å². The molecule has 0 saturated heterocycles. The maximum atomic E-state index is 12.9. The van der Waals surface area contributed by atoms with Gasteiger partial charge in [-0.1, -0.05) is 0 Å². The minimum atomic E-state index is -1.34. The van der Waals surface area contributed by atoms with Gasteiger partial charge in [0.25, 0.3) is 5.56 Å². The number of rotatable bonds is 1. The molecule has 1 aromatic carbocycles. The molecule has 2 N–H and O–H groups in total. The number of nitrogens with one attached hydrogen (secondary N) is 1. The molecule has 1 aromatic heterocycles. The van der Waals surface area contributed by atoms with Gasteiger partial charge in [-0.05, 0) is 23.6 Å². The van der Waals surface area contributed by atoms with Crippen molar-refractivity contribution in [2.75, 3.05) is 0 Å². The second-order valence-corrected chi connectivity index (χ2v) is 3.17.